The highest BCUT2D eigenvalue weighted by Crippen LogP contribution is 2.37. The zero-order valence-electron chi connectivity index (χ0n) is 16.7. The number of benzene rings is 1. The van der Waals surface area contributed by atoms with Gasteiger partial charge < -0.3 is 10.2 Å². The van der Waals surface area contributed by atoms with Crippen LogP contribution < -0.4 is 11.0 Å². The summed E-state index contributed by atoms with van der Waals surface area (Å²) in [5.41, 5.74) is -1.69. The van der Waals surface area contributed by atoms with Gasteiger partial charge in [0, 0.05) is 26.1 Å². The number of carbonyl (C=O) groups is 2. The normalized spacial score (nSPS) is 19.5. The first-order valence-electron chi connectivity index (χ1n) is 10.2. The number of rotatable bonds is 3. The Labute approximate surface area is 175 Å². The molecule has 1 N–H and O–H groups in total. The Hall–Kier alpha value is -3.11. The molecule has 166 valence electrons. The summed E-state index contributed by atoms with van der Waals surface area (Å²) in [6, 6.07) is 3.28. The van der Waals surface area contributed by atoms with Crippen molar-refractivity contribution in [3.8, 4) is 0 Å². The number of piperazine rings is 1. The quantitative estimate of drug-likeness (QED) is 0.788. The van der Waals surface area contributed by atoms with Gasteiger partial charge in [-0.15, -0.1) is 0 Å². The lowest BCUT2D eigenvalue weighted by molar-refractivity contribution is -0.147. The molecule has 1 unspecified atom stereocenters. The predicted octanol–water partition coefficient (Wildman–Crippen LogP) is 1.49. The van der Waals surface area contributed by atoms with Gasteiger partial charge in [-0.05, 0) is 24.5 Å². The number of aryl methyl sites for hydroxylation is 1. The fourth-order valence-corrected chi connectivity index (χ4v) is 4.19. The van der Waals surface area contributed by atoms with Gasteiger partial charge in [0.25, 0.3) is 0 Å². The number of halogens is 3. The third kappa shape index (κ3) is 4.08. The van der Waals surface area contributed by atoms with Gasteiger partial charge in [-0.2, -0.15) is 18.3 Å². The van der Waals surface area contributed by atoms with Gasteiger partial charge in [0.15, 0.2) is 0 Å². The molecule has 2 aromatic rings. The Balaban J connectivity index is 1.65. The molecule has 3 heterocycles. The summed E-state index contributed by atoms with van der Waals surface area (Å²) in [6.07, 6.45) is -1.32. The Morgan fingerprint density at radius 1 is 1.13 bits per heavy atom. The van der Waals surface area contributed by atoms with E-state index in [-0.39, 0.29) is 18.7 Å². The highest BCUT2D eigenvalue weighted by molar-refractivity contribution is 5.90. The second-order valence-corrected chi connectivity index (χ2v) is 7.68. The molecule has 2 aliphatic heterocycles. The molecule has 8 nitrogen and oxygen atoms in total. The zero-order valence-corrected chi connectivity index (χ0v) is 16.7. The SMILES string of the molecule is O=C1NCCN(C(=O)Cn2nc3n(c2=O)CCCCC3)C1c1ccccc1C(F)(F)F. The number of alkyl halides is 3. The fourth-order valence-electron chi connectivity index (χ4n) is 4.19. The van der Waals surface area contributed by atoms with E-state index in [1.165, 1.54) is 18.2 Å². The molecule has 0 aliphatic carbocycles. The van der Waals surface area contributed by atoms with Crippen molar-refractivity contribution in [2.75, 3.05) is 13.1 Å². The molecule has 2 aliphatic rings. The topological polar surface area (TPSA) is 89.2 Å². The Bertz CT molecular complexity index is 1060. The molecule has 1 aromatic carbocycles. The van der Waals surface area contributed by atoms with Crippen molar-refractivity contribution in [2.24, 2.45) is 0 Å². The van der Waals surface area contributed by atoms with Crippen LogP contribution in [0.4, 0.5) is 13.2 Å². The number of nitrogens with zero attached hydrogens (tertiary/aromatic N) is 4. The van der Waals surface area contributed by atoms with Crippen LogP contribution in [0.15, 0.2) is 29.1 Å². The van der Waals surface area contributed by atoms with Crippen LogP contribution in [0.1, 0.15) is 42.3 Å². The molecular weight excluding hydrogens is 415 g/mol. The number of carbonyl (C=O) groups excluding carboxylic acids is 2. The summed E-state index contributed by atoms with van der Waals surface area (Å²) in [4.78, 5) is 39.3. The van der Waals surface area contributed by atoms with Crippen molar-refractivity contribution in [3.63, 3.8) is 0 Å². The van der Waals surface area contributed by atoms with Crippen molar-refractivity contribution < 1.29 is 22.8 Å². The zero-order chi connectivity index (χ0) is 22.2. The summed E-state index contributed by atoms with van der Waals surface area (Å²) in [5.74, 6) is -0.720. The minimum atomic E-state index is -4.68. The first-order valence-corrected chi connectivity index (χ1v) is 10.2. The summed E-state index contributed by atoms with van der Waals surface area (Å²) >= 11 is 0. The Morgan fingerprint density at radius 3 is 2.68 bits per heavy atom. The van der Waals surface area contributed by atoms with Crippen LogP contribution in [0, 0.1) is 0 Å². The molecule has 31 heavy (non-hydrogen) atoms. The van der Waals surface area contributed by atoms with E-state index in [0.717, 1.165) is 34.9 Å². The maximum Gasteiger partial charge on any atom is 0.416 e. The van der Waals surface area contributed by atoms with E-state index in [1.54, 1.807) is 4.57 Å². The lowest BCUT2D eigenvalue weighted by atomic mass is 9.96. The average molecular weight is 437 g/mol. The van der Waals surface area contributed by atoms with E-state index in [0.29, 0.717) is 18.8 Å². The monoisotopic (exact) mass is 437 g/mol. The number of hydrogen-bond donors (Lipinski definition) is 1. The van der Waals surface area contributed by atoms with Crippen LogP contribution >= 0.6 is 0 Å². The molecule has 0 bridgehead atoms. The van der Waals surface area contributed by atoms with Gasteiger partial charge in [-0.25, -0.2) is 9.48 Å². The van der Waals surface area contributed by atoms with Crippen LogP contribution in [0.5, 0.6) is 0 Å². The highest BCUT2D eigenvalue weighted by Gasteiger charge is 2.41. The third-order valence-electron chi connectivity index (χ3n) is 5.66. The van der Waals surface area contributed by atoms with E-state index >= 15 is 0 Å². The van der Waals surface area contributed by atoms with Crippen molar-refractivity contribution in [3.05, 3.63) is 51.7 Å². The minimum Gasteiger partial charge on any atom is -0.352 e. The van der Waals surface area contributed by atoms with Gasteiger partial charge in [-0.1, -0.05) is 24.6 Å². The molecular formula is C20H22F3N5O3. The van der Waals surface area contributed by atoms with Gasteiger partial charge in [0.1, 0.15) is 18.4 Å². The molecule has 4 rings (SSSR count). The van der Waals surface area contributed by atoms with E-state index in [9.17, 15) is 27.6 Å². The summed E-state index contributed by atoms with van der Waals surface area (Å²) in [6.45, 7) is 0.237. The lowest BCUT2D eigenvalue weighted by Crippen LogP contribution is -2.53. The maximum atomic E-state index is 13.5. The first-order chi connectivity index (χ1) is 14.8. The van der Waals surface area contributed by atoms with Gasteiger partial charge in [-0.3, -0.25) is 14.2 Å². The Kier molecular flexibility index (Phi) is 5.59. The van der Waals surface area contributed by atoms with Crippen molar-refractivity contribution >= 4 is 11.8 Å². The van der Waals surface area contributed by atoms with Crippen LogP contribution in [0.2, 0.25) is 0 Å². The smallest absolute Gasteiger partial charge is 0.352 e. The second kappa shape index (κ2) is 8.20. The van der Waals surface area contributed by atoms with E-state index in [4.69, 9.17) is 0 Å². The maximum absolute atomic E-state index is 13.5. The van der Waals surface area contributed by atoms with E-state index in [2.05, 4.69) is 10.4 Å². The first kappa shape index (κ1) is 21.1. The predicted molar refractivity (Wildman–Crippen MR) is 103 cm³/mol. The summed E-state index contributed by atoms with van der Waals surface area (Å²) in [7, 11) is 0. The second-order valence-electron chi connectivity index (χ2n) is 7.68. The molecule has 0 radical (unpaired) electrons. The standard InChI is InChI=1S/C20H22F3N5O3/c21-20(22,23)14-7-4-3-6-13(14)17-18(30)24-9-11-27(17)16(29)12-28-19(31)26-10-5-1-2-8-15(26)25-28/h3-4,6-7,17H,1-2,5,8-12H2,(H,24,30). The van der Waals surface area contributed by atoms with Crippen molar-refractivity contribution in [2.45, 2.75) is 51.0 Å². The number of amides is 2. The molecule has 0 spiro atoms. The lowest BCUT2D eigenvalue weighted by Gasteiger charge is -2.36. The summed E-state index contributed by atoms with van der Waals surface area (Å²) < 4.78 is 43.2. The highest BCUT2D eigenvalue weighted by atomic mass is 19.4. The van der Waals surface area contributed by atoms with E-state index < -0.39 is 41.8 Å². The van der Waals surface area contributed by atoms with E-state index in [1.807, 2.05) is 0 Å². The van der Waals surface area contributed by atoms with Crippen molar-refractivity contribution in [1.29, 1.82) is 0 Å². The molecule has 11 heteroatoms. The third-order valence-corrected chi connectivity index (χ3v) is 5.66. The number of nitrogens with one attached hydrogen (secondary N) is 1. The van der Waals surface area contributed by atoms with Gasteiger partial charge in [0.05, 0.1) is 5.56 Å². The van der Waals surface area contributed by atoms with Gasteiger partial charge >= 0.3 is 11.9 Å². The number of aromatic nitrogens is 3. The summed E-state index contributed by atoms with van der Waals surface area (Å²) in [5, 5.41) is 6.79. The minimum absolute atomic E-state index is 0.0315. The van der Waals surface area contributed by atoms with Crippen LogP contribution in [0.3, 0.4) is 0 Å². The van der Waals surface area contributed by atoms with Crippen LogP contribution in [-0.4, -0.2) is 44.2 Å². The Morgan fingerprint density at radius 2 is 1.90 bits per heavy atom. The number of fused-ring (bicyclic) bond motifs is 1. The molecule has 1 atom stereocenters. The molecule has 1 fully saturated rings. The molecule has 0 saturated carbocycles. The molecule has 1 saturated heterocycles. The van der Waals surface area contributed by atoms with Gasteiger partial charge in [0.2, 0.25) is 11.8 Å². The average Bonchev–Trinajstić information content (AvgIpc) is 2.89. The largest absolute Gasteiger partial charge is 0.416 e. The number of hydrogen-bond acceptors (Lipinski definition) is 4. The molecule has 1 aromatic heterocycles. The van der Waals surface area contributed by atoms with Crippen molar-refractivity contribution in [1.82, 2.24) is 24.6 Å². The van der Waals surface area contributed by atoms with Crippen LogP contribution in [-0.2, 0) is 35.3 Å². The molecule has 2 amide bonds. The fraction of sp³-hybridized carbons (Fsp3) is 0.500. The van der Waals surface area contributed by atoms with Crippen LogP contribution in [0.25, 0.3) is 0 Å².